The number of hydrogen-bond donors (Lipinski definition) is 2. The smallest absolute Gasteiger partial charge is 0.251 e. The number of ketones is 1. The summed E-state index contributed by atoms with van der Waals surface area (Å²) in [7, 11) is -3.72. The first kappa shape index (κ1) is 22.7. The van der Waals surface area contributed by atoms with E-state index < -0.39 is 10.0 Å². The Labute approximate surface area is 186 Å². The first-order chi connectivity index (χ1) is 14.7. The average molecular weight is 457 g/mol. The summed E-state index contributed by atoms with van der Waals surface area (Å²) in [5.74, 6) is -0.359. The van der Waals surface area contributed by atoms with E-state index in [-0.39, 0.29) is 23.1 Å². The quantitative estimate of drug-likeness (QED) is 0.502. The standard InChI is InChI=1S/C23H21ClN2O4S/c1-16(27)19-8-12-22(13-9-19)31(29,30)26-15-18-2-6-20(7-3-18)23(28)25-14-17-4-10-21(24)11-5-17/h2-13,26H,14-15H2,1H3,(H,25,28). The van der Waals surface area contributed by atoms with Crippen LogP contribution in [0.2, 0.25) is 5.02 Å². The highest BCUT2D eigenvalue weighted by molar-refractivity contribution is 7.89. The number of amides is 1. The number of rotatable bonds is 8. The van der Waals surface area contributed by atoms with Crippen molar-refractivity contribution in [3.05, 3.63) is 100 Å². The molecule has 0 aromatic heterocycles. The summed E-state index contributed by atoms with van der Waals surface area (Å²) in [5, 5.41) is 3.46. The van der Waals surface area contributed by atoms with Gasteiger partial charge in [-0.1, -0.05) is 48.0 Å². The molecular formula is C23H21ClN2O4S. The molecule has 0 aliphatic heterocycles. The summed E-state index contributed by atoms with van der Waals surface area (Å²) < 4.78 is 27.4. The Balaban J connectivity index is 1.56. The average Bonchev–Trinajstić information content (AvgIpc) is 2.77. The van der Waals surface area contributed by atoms with Gasteiger partial charge < -0.3 is 5.32 Å². The lowest BCUT2D eigenvalue weighted by molar-refractivity contribution is 0.0950. The second-order valence-corrected chi connectivity index (χ2v) is 9.11. The Morgan fingerprint density at radius 3 is 1.87 bits per heavy atom. The third-order valence-electron chi connectivity index (χ3n) is 4.62. The molecule has 0 unspecified atom stereocenters. The van der Waals surface area contributed by atoms with Gasteiger partial charge >= 0.3 is 0 Å². The van der Waals surface area contributed by atoms with Crippen molar-refractivity contribution in [2.45, 2.75) is 24.9 Å². The van der Waals surface area contributed by atoms with Crippen LogP contribution < -0.4 is 10.0 Å². The van der Waals surface area contributed by atoms with Crippen LogP contribution in [0.3, 0.4) is 0 Å². The maximum Gasteiger partial charge on any atom is 0.251 e. The molecule has 1 amide bonds. The lowest BCUT2D eigenvalue weighted by Crippen LogP contribution is -2.24. The van der Waals surface area contributed by atoms with Crippen molar-refractivity contribution in [2.75, 3.05) is 0 Å². The molecule has 2 N–H and O–H groups in total. The molecule has 6 nitrogen and oxygen atoms in total. The summed E-state index contributed by atoms with van der Waals surface area (Å²) in [4.78, 5) is 23.7. The molecule has 0 saturated carbocycles. The Morgan fingerprint density at radius 1 is 0.774 bits per heavy atom. The lowest BCUT2D eigenvalue weighted by atomic mass is 10.1. The second-order valence-electron chi connectivity index (χ2n) is 6.91. The Bertz CT molecular complexity index is 1170. The van der Waals surface area contributed by atoms with Gasteiger partial charge in [-0.3, -0.25) is 9.59 Å². The van der Waals surface area contributed by atoms with Crippen molar-refractivity contribution in [2.24, 2.45) is 0 Å². The van der Waals surface area contributed by atoms with Crippen molar-refractivity contribution in [3.63, 3.8) is 0 Å². The molecular weight excluding hydrogens is 436 g/mol. The highest BCUT2D eigenvalue weighted by Gasteiger charge is 2.14. The van der Waals surface area contributed by atoms with Gasteiger partial charge in [-0.2, -0.15) is 0 Å². The van der Waals surface area contributed by atoms with E-state index in [1.54, 1.807) is 36.4 Å². The Kier molecular flexibility index (Phi) is 7.22. The minimum Gasteiger partial charge on any atom is -0.348 e. The normalized spacial score (nSPS) is 11.2. The first-order valence-electron chi connectivity index (χ1n) is 9.47. The van der Waals surface area contributed by atoms with Gasteiger partial charge in [0.15, 0.2) is 5.78 Å². The highest BCUT2D eigenvalue weighted by atomic mass is 35.5. The lowest BCUT2D eigenvalue weighted by Gasteiger charge is -2.09. The van der Waals surface area contributed by atoms with E-state index in [0.717, 1.165) is 5.56 Å². The third-order valence-corrected chi connectivity index (χ3v) is 6.29. The van der Waals surface area contributed by atoms with Crippen molar-refractivity contribution >= 4 is 33.3 Å². The van der Waals surface area contributed by atoms with Crippen LogP contribution in [0.1, 0.15) is 38.8 Å². The van der Waals surface area contributed by atoms with Gasteiger partial charge in [0, 0.05) is 29.2 Å². The maximum absolute atomic E-state index is 12.4. The van der Waals surface area contributed by atoms with Crippen molar-refractivity contribution < 1.29 is 18.0 Å². The number of sulfonamides is 1. The zero-order chi connectivity index (χ0) is 22.4. The minimum atomic E-state index is -3.72. The predicted octanol–water partition coefficient (Wildman–Crippen LogP) is 3.95. The van der Waals surface area contributed by atoms with Gasteiger partial charge in [0.25, 0.3) is 5.91 Å². The van der Waals surface area contributed by atoms with E-state index in [0.29, 0.717) is 28.3 Å². The van der Waals surface area contributed by atoms with Gasteiger partial charge in [0.1, 0.15) is 0 Å². The number of hydrogen-bond acceptors (Lipinski definition) is 4. The fraction of sp³-hybridized carbons (Fsp3) is 0.130. The van der Waals surface area contributed by atoms with E-state index >= 15 is 0 Å². The number of carbonyl (C=O) groups excluding carboxylic acids is 2. The molecule has 0 aliphatic rings. The molecule has 3 aromatic carbocycles. The fourth-order valence-corrected chi connectivity index (χ4v) is 3.93. The second kappa shape index (κ2) is 9.87. The summed E-state index contributed by atoms with van der Waals surface area (Å²) in [6.07, 6.45) is 0. The molecule has 0 saturated heterocycles. The number of benzene rings is 3. The number of halogens is 1. The SMILES string of the molecule is CC(=O)c1ccc(S(=O)(=O)NCc2ccc(C(=O)NCc3ccc(Cl)cc3)cc2)cc1. The van der Waals surface area contributed by atoms with Gasteiger partial charge in [0.05, 0.1) is 4.90 Å². The molecule has 0 atom stereocenters. The van der Waals surface area contributed by atoms with E-state index in [1.807, 2.05) is 12.1 Å². The molecule has 0 bridgehead atoms. The molecule has 0 aliphatic carbocycles. The molecule has 3 aromatic rings. The van der Waals surface area contributed by atoms with Crippen LogP contribution in [-0.2, 0) is 23.1 Å². The predicted molar refractivity (Wildman–Crippen MR) is 120 cm³/mol. The number of Topliss-reactive ketones (excluding diaryl/α,β-unsaturated/α-hetero) is 1. The topological polar surface area (TPSA) is 92.3 Å². The van der Waals surface area contributed by atoms with Gasteiger partial charge in [-0.15, -0.1) is 0 Å². The van der Waals surface area contributed by atoms with Gasteiger partial charge in [-0.05, 0) is 54.4 Å². The van der Waals surface area contributed by atoms with Crippen molar-refractivity contribution in [3.8, 4) is 0 Å². The fourth-order valence-electron chi connectivity index (χ4n) is 2.79. The number of carbonyl (C=O) groups is 2. The molecule has 8 heteroatoms. The van der Waals surface area contributed by atoms with E-state index in [4.69, 9.17) is 11.6 Å². The summed E-state index contributed by atoms with van der Waals surface area (Å²) >= 11 is 5.85. The molecule has 31 heavy (non-hydrogen) atoms. The van der Waals surface area contributed by atoms with Gasteiger partial charge in [0.2, 0.25) is 10.0 Å². The third kappa shape index (κ3) is 6.24. The molecule has 160 valence electrons. The molecule has 0 heterocycles. The largest absolute Gasteiger partial charge is 0.348 e. The summed E-state index contributed by atoms with van der Waals surface area (Å²) in [6, 6.07) is 19.6. The maximum atomic E-state index is 12.4. The van der Waals surface area contributed by atoms with Crippen LogP contribution >= 0.6 is 11.6 Å². The Hall–Kier alpha value is -3.00. The first-order valence-corrected chi connectivity index (χ1v) is 11.3. The van der Waals surface area contributed by atoms with Crippen LogP contribution in [0.25, 0.3) is 0 Å². The zero-order valence-corrected chi connectivity index (χ0v) is 18.3. The summed E-state index contributed by atoms with van der Waals surface area (Å²) in [5.41, 5.74) is 2.56. The van der Waals surface area contributed by atoms with Crippen LogP contribution in [0.5, 0.6) is 0 Å². The van der Waals surface area contributed by atoms with Gasteiger partial charge in [-0.25, -0.2) is 13.1 Å². The van der Waals surface area contributed by atoms with Crippen LogP contribution in [-0.4, -0.2) is 20.1 Å². The molecule has 0 fully saturated rings. The molecule has 3 rings (SSSR count). The number of nitrogens with one attached hydrogen (secondary N) is 2. The van der Waals surface area contributed by atoms with Crippen molar-refractivity contribution in [1.82, 2.24) is 10.0 Å². The molecule has 0 radical (unpaired) electrons. The minimum absolute atomic E-state index is 0.0729. The van der Waals surface area contributed by atoms with E-state index in [2.05, 4.69) is 10.0 Å². The summed E-state index contributed by atoms with van der Waals surface area (Å²) in [6.45, 7) is 1.87. The molecule has 0 spiro atoms. The van der Waals surface area contributed by atoms with Crippen LogP contribution in [0.15, 0.2) is 77.7 Å². The monoisotopic (exact) mass is 456 g/mol. The van der Waals surface area contributed by atoms with Crippen LogP contribution in [0.4, 0.5) is 0 Å². The van der Waals surface area contributed by atoms with Crippen molar-refractivity contribution in [1.29, 1.82) is 0 Å². The zero-order valence-electron chi connectivity index (χ0n) is 16.8. The Morgan fingerprint density at radius 2 is 1.29 bits per heavy atom. The van der Waals surface area contributed by atoms with E-state index in [1.165, 1.54) is 31.2 Å². The van der Waals surface area contributed by atoms with Crippen LogP contribution in [0, 0.1) is 0 Å². The highest BCUT2D eigenvalue weighted by Crippen LogP contribution is 2.13. The van der Waals surface area contributed by atoms with E-state index in [9.17, 15) is 18.0 Å².